The molecule has 0 atom stereocenters. The zero-order chi connectivity index (χ0) is 29.3. The Bertz CT molecular complexity index is 1940. The maximum Gasteiger partial charge on any atom is 0.405 e. The van der Waals surface area contributed by atoms with E-state index in [2.05, 4.69) is 25.6 Å². The van der Waals surface area contributed by atoms with Crippen LogP contribution in [0.5, 0.6) is 0 Å². The lowest BCUT2D eigenvalue weighted by molar-refractivity contribution is -0.115. The molecular weight excluding hydrogens is 564 g/mol. The van der Waals surface area contributed by atoms with Crippen molar-refractivity contribution in [2.24, 2.45) is 0 Å². The van der Waals surface area contributed by atoms with Gasteiger partial charge in [0.25, 0.3) is 0 Å². The molecule has 0 saturated carbocycles. The van der Waals surface area contributed by atoms with E-state index in [1.807, 2.05) is 0 Å². The maximum absolute atomic E-state index is 13.9. The molecule has 10 nitrogen and oxygen atoms in total. The minimum Gasteiger partial charge on any atom is -0.352 e. The van der Waals surface area contributed by atoms with Crippen LogP contribution in [0.2, 0.25) is 0 Å². The number of halogens is 4. The molecular formula is C26H18F4N8O2S. The Kier molecular flexibility index (Phi) is 7.24. The number of thiazole rings is 1. The third-order valence-electron chi connectivity index (χ3n) is 5.77. The standard InChI is InChI=1S/C26H18F4N8O2S/c1-14-6-18(11-32-10-14)38-24(39)36-22(37(25(38)40)12-15-2-4-19(27)16(7-15)9-31)34-17-3-5-20-21(8-17)41-23(35-20)33-13-26(28,29)30/h2-8,10-11H,12-13H2,1H3,(H,33,35)(H,34,36,39). The minimum absolute atomic E-state index is 0.0727. The fourth-order valence-corrected chi connectivity index (χ4v) is 4.84. The van der Waals surface area contributed by atoms with E-state index in [4.69, 9.17) is 0 Å². The van der Waals surface area contributed by atoms with Gasteiger partial charge in [0.15, 0.2) is 5.13 Å². The predicted molar refractivity (Wildman–Crippen MR) is 144 cm³/mol. The highest BCUT2D eigenvalue weighted by molar-refractivity contribution is 7.22. The van der Waals surface area contributed by atoms with Gasteiger partial charge >= 0.3 is 17.6 Å². The molecule has 3 heterocycles. The van der Waals surface area contributed by atoms with E-state index in [9.17, 15) is 32.4 Å². The van der Waals surface area contributed by atoms with Gasteiger partial charge in [0.2, 0.25) is 5.95 Å². The first-order chi connectivity index (χ1) is 19.5. The van der Waals surface area contributed by atoms with Crippen molar-refractivity contribution in [1.82, 2.24) is 24.1 Å². The third kappa shape index (κ3) is 6.07. The van der Waals surface area contributed by atoms with Crippen molar-refractivity contribution in [1.29, 1.82) is 5.26 Å². The summed E-state index contributed by atoms with van der Waals surface area (Å²) in [6, 6.07) is 11.8. The second kappa shape index (κ2) is 10.8. The summed E-state index contributed by atoms with van der Waals surface area (Å²) in [4.78, 5) is 39.0. The van der Waals surface area contributed by atoms with Crippen LogP contribution in [0, 0.1) is 24.1 Å². The van der Waals surface area contributed by atoms with Crippen molar-refractivity contribution < 1.29 is 17.6 Å². The number of benzene rings is 2. The highest BCUT2D eigenvalue weighted by Gasteiger charge is 2.27. The summed E-state index contributed by atoms with van der Waals surface area (Å²) in [5.74, 6) is -0.878. The van der Waals surface area contributed by atoms with Crippen LogP contribution in [0.25, 0.3) is 15.9 Å². The van der Waals surface area contributed by atoms with Gasteiger partial charge in [0, 0.05) is 11.9 Å². The Morgan fingerprint density at radius 3 is 2.61 bits per heavy atom. The Morgan fingerprint density at radius 2 is 1.88 bits per heavy atom. The average molecular weight is 583 g/mol. The highest BCUT2D eigenvalue weighted by atomic mass is 32.1. The smallest absolute Gasteiger partial charge is 0.352 e. The summed E-state index contributed by atoms with van der Waals surface area (Å²) in [7, 11) is 0. The first kappa shape index (κ1) is 27.5. The minimum atomic E-state index is -4.41. The van der Waals surface area contributed by atoms with Crippen LogP contribution in [-0.4, -0.2) is 36.8 Å². The first-order valence-corrected chi connectivity index (χ1v) is 12.6. The number of aromatic nitrogens is 5. The molecule has 2 N–H and O–H groups in total. The van der Waals surface area contributed by atoms with Crippen LogP contribution < -0.4 is 22.0 Å². The van der Waals surface area contributed by atoms with Crippen LogP contribution in [0.1, 0.15) is 16.7 Å². The highest BCUT2D eigenvalue weighted by Crippen LogP contribution is 2.30. The fourth-order valence-electron chi connectivity index (χ4n) is 3.94. The summed E-state index contributed by atoms with van der Waals surface area (Å²) >= 11 is 0.992. The molecule has 15 heteroatoms. The van der Waals surface area contributed by atoms with E-state index >= 15 is 0 Å². The number of rotatable bonds is 7. The Balaban J connectivity index is 1.57. The molecule has 41 heavy (non-hydrogen) atoms. The van der Waals surface area contributed by atoms with Gasteiger partial charge in [-0.3, -0.25) is 9.55 Å². The number of nitrogens with one attached hydrogen (secondary N) is 2. The number of anilines is 3. The second-order valence-electron chi connectivity index (χ2n) is 8.86. The number of hydrogen-bond acceptors (Lipinski definition) is 9. The largest absolute Gasteiger partial charge is 0.405 e. The van der Waals surface area contributed by atoms with Crippen molar-refractivity contribution in [2.75, 3.05) is 17.2 Å². The number of nitrogens with zero attached hydrogens (tertiary/aromatic N) is 6. The van der Waals surface area contributed by atoms with Gasteiger partial charge in [0.05, 0.1) is 34.2 Å². The van der Waals surface area contributed by atoms with E-state index in [1.54, 1.807) is 43.5 Å². The Morgan fingerprint density at radius 1 is 1.07 bits per heavy atom. The zero-order valence-corrected chi connectivity index (χ0v) is 21.8. The summed E-state index contributed by atoms with van der Waals surface area (Å²) in [5.41, 5.74) is 0.191. The summed E-state index contributed by atoms with van der Waals surface area (Å²) in [6.45, 7) is 0.319. The molecule has 0 unspecified atom stereocenters. The molecule has 2 aromatic carbocycles. The molecule has 0 fully saturated rings. The molecule has 0 saturated heterocycles. The molecule has 0 radical (unpaired) electrons. The van der Waals surface area contributed by atoms with E-state index in [1.165, 1.54) is 18.3 Å². The zero-order valence-electron chi connectivity index (χ0n) is 21.0. The van der Waals surface area contributed by atoms with Gasteiger partial charge in [-0.05, 0) is 54.4 Å². The van der Waals surface area contributed by atoms with Crippen molar-refractivity contribution in [2.45, 2.75) is 19.6 Å². The molecule has 5 aromatic rings. The van der Waals surface area contributed by atoms with E-state index in [0.717, 1.165) is 26.5 Å². The van der Waals surface area contributed by atoms with Crippen LogP contribution in [0.15, 0.2) is 64.4 Å². The van der Waals surface area contributed by atoms with Crippen molar-refractivity contribution in [3.63, 3.8) is 0 Å². The number of fused-ring (bicyclic) bond motifs is 1. The lowest BCUT2D eigenvalue weighted by Gasteiger charge is -2.16. The van der Waals surface area contributed by atoms with Crippen LogP contribution in [-0.2, 0) is 6.54 Å². The quantitative estimate of drug-likeness (QED) is 0.269. The monoisotopic (exact) mass is 582 g/mol. The molecule has 0 aliphatic heterocycles. The normalized spacial score (nSPS) is 11.4. The van der Waals surface area contributed by atoms with Crippen LogP contribution in [0.3, 0.4) is 0 Å². The third-order valence-corrected chi connectivity index (χ3v) is 6.74. The lowest BCUT2D eigenvalue weighted by atomic mass is 10.1. The predicted octanol–water partition coefficient (Wildman–Crippen LogP) is 4.48. The SMILES string of the molecule is Cc1cncc(-n2c(=O)nc(Nc3ccc4nc(NCC(F)(F)F)sc4c3)n(Cc3ccc(F)c(C#N)c3)c2=O)c1. The lowest BCUT2D eigenvalue weighted by Crippen LogP contribution is -2.41. The fraction of sp³-hybridized carbons (Fsp3) is 0.154. The molecule has 0 bridgehead atoms. The molecule has 3 aromatic heterocycles. The van der Waals surface area contributed by atoms with Gasteiger partial charge in [-0.25, -0.2) is 23.5 Å². The number of aryl methyl sites for hydroxylation is 1. The maximum atomic E-state index is 13.9. The molecule has 0 aliphatic carbocycles. The van der Waals surface area contributed by atoms with Gasteiger partial charge in [-0.2, -0.15) is 23.4 Å². The molecule has 5 rings (SSSR count). The Labute approximate surface area is 232 Å². The van der Waals surface area contributed by atoms with Crippen molar-refractivity contribution in [3.05, 3.63) is 98.3 Å². The van der Waals surface area contributed by atoms with Gasteiger partial charge in [0.1, 0.15) is 18.4 Å². The van der Waals surface area contributed by atoms with E-state index < -0.39 is 29.9 Å². The van der Waals surface area contributed by atoms with E-state index in [-0.39, 0.29) is 28.9 Å². The summed E-state index contributed by atoms with van der Waals surface area (Å²) in [6.07, 6.45) is -1.52. The average Bonchev–Trinajstić information content (AvgIpc) is 3.33. The number of alkyl halides is 3. The van der Waals surface area contributed by atoms with Crippen molar-refractivity contribution >= 4 is 38.3 Å². The number of nitriles is 1. The van der Waals surface area contributed by atoms with Gasteiger partial charge < -0.3 is 10.6 Å². The molecule has 208 valence electrons. The topological polar surface area (TPSA) is 131 Å². The van der Waals surface area contributed by atoms with Crippen molar-refractivity contribution in [3.8, 4) is 11.8 Å². The first-order valence-electron chi connectivity index (χ1n) is 11.8. The van der Waals surface area contributed by atoms with Gasteiger partial charge in [-0.1, -0.05) is 17.4 Å². The number of pyridine rings is 1. The summed E-state index contributed by atoms with van der Waals surface area (Å²) in [5, 5.41) is 14.5. The molecule has 0 amide bonds. The second-order valence-corrected chi connectivity index (χ2v) is 9.89. The van der Waals surface area contributed by atoms with E-state index in [0.29, 0.717) is 27.0 Å². The van der Waals surface area contributed by atoms with Gasteiger partial charge in [-0.15, -0.1) is 0 Å². The number of hydrogen-bond donors (Lipinski definition) is 2. The van der Waals surface area contributed by atoms with Crippen LogP contribution in [0.4, 0.5) is 34.3 Å². The van der Waals surface area contributed by atoms with Crippen LogP contribution >= 0.6 is 11.3 Å². The summed E-state index contributed by atoms with van der Waals surface area (Å²) < 4.78 is 54.2. The Hall–Kier alpha value is -5.10. The molecule has 0 spiro atoms. The molecule has 0 aliphatic rings.